The van der Waals surface area contributed by atoms with E-state index in [1.165, 1.54) is 37.3 Å². The molecule has 0 aromatic carbocycles. The van der Waals surface area contributed by atoms with Gasteiger partial charge in [0.2, 0.25) is 0 Å². The fraction of sp³-hybridized carbons (Fsp3) is 1.00. The molecule has 2 saturated heterocycles. The third-order valence-corrected chi connectivity index (χ3v) is 4.82. The van der Waals surface area contributed by atoms with Crippen LogP contribution in [0.1, 0.15) is 26.2 Å². The lowest BCUT2D eigenvalue weighted by Gasteiger charge is -2.41. The number of nitrogens with zero attached hydrogens (tertiary/aromatic N) is 1. The van der Waals surface area contributed by atoms with Crippen LogP contribution in [0.25, 0.3) is 0 Å². The Morgan fingerprint density at radius 3 is 2.93 bits per heavy atom. The second kappa shape index (κ2) is 4.86. The maximum atomic E-state index is 5.88. The lowest BCUT2D eigenvalue weighted by molar-refractivity contribution is 0.0866. The predicted octanol–water partition coefficient (Wildman–Crippen LogP) is 1.55. The van der Waals surface area contributed by atoms with Gasteiger partial charge in [0.1, 0.15) is 0 Å². The van der Waals surface area contributed by atoms with Gasteiger partial charge in [-0.05, 0) is 37.5 Å². The van der Waals surface area contributed by atoms with E-state index < -0.39 is 0 Å². The Morgan fingerprint density at radius 1 is 1.43 bits per heavy atom. The number of hydrogen-bond acceptors (Lipinski definition) is 3. The summed E-state index contributed by atoms with van der Waals surface area (Å²) in [4.78, 5) is 2.69. The summed E-state index contributed by atoms with van der Waals surface area (Å²) in [6, 6.07) is 1.50. The lowest BCUT2D eigenvalue weighted by atomic mass is 9.91. The standard InChI is InChI=1S/C11H22N2S/c1-9-2-4-13(11(6-9)7-12)10-3-5-14-8-10/h9-11H,2-8,12H2,1H3. The molecule has 82 valence electrons. The molecule has 2 rings (SSSR count). The van der Waals surface area contributed by atoms with E-state index >= 15 is 0 Å². The van der Waals surface area contributed by atoms with Crippen LogP contribution in [0.5, 0.6) is 0 Å². The van der Waals surface area contributed by atoms with Gasteiger partial charge in [-0.2, -0.15) is 11.8 Å². The molecule has 0 aromatic heterocycles. The van der Waals surface area contributed by atoms with Crippen LogP contribution in [0.2, 0.25) is 0 Å². The van der Waals surface area contributed by atoms with Gasteiger partial charge in [0.25, 0.3) is 0 Å². The molecule has 0 bridgehead atoms. The van der Waals surface area contributed by atoms with Crippen LogP contribution in [-0.4, -0.2) is 41.6 Å². The van der Waals surface area contributed by atoms with Crippen LogP contribution in [0, 0.1) is 5.92 Å². The highest BCUT2D eigenvalue weighted by Crippen LogP contribution is 2.29. The van der Waals surface area contributed by atoms with Gasteiger partial charge >= 0.3 is 0 Å². The van der Waals surface area contributed by atoms with Crippen LogP contribution >= 0.6 is 11.8 Å². The van der Waals surface area contributed by atoms with Crippen LogP contribution in [-0.2, 0) is 0 Å². The van der Waals surface area contributed by atoms with Crippen molar-refractivity contribution in [3.05, 3.63) is 0 Å². The number of hydrogen-bond donors (Lipinski definition) is 1. The molecule has 0 spiro atoms. The van der Waals surface area contributed by atoms with E-state index in [9.17, 15) is 0 Å². The maximum Gasteiger partial charge on any atom is 0.0224 e. The number of rotatable bonds is 2. The van der Waals surface area contributed by atoms with Gasteiger partial charge in [0, 0.05) is 24.4 Å². The molecule has 2 nitrogen and oxygen atoms in total. The summed E-state index contributed by atoms with van der Waals surface area (Å²) in [6.45, 7) is 4.50. The fourth-order valence-corrected chi connectivity index (χ4v) is 4.00. The van der Waals surface area contributed by atoms with Gasteiger partial charge in [-0.15, -0.1) is 0 Å². The summed E-state index contributed by atoms with van der Waals surface area (Å²) in [5, 5.41) is 0. The Hall–Kier alpha value is 0.270. The molecule has 3 heteroatoms. The van der Waals surface area contributed by atoms with E-state index in [0.717, 1.165) is 18.5 Å². The number of nitrogens with two attached hydrogens (primary N) is 1. The predicted molar refractivity (Wildman–Crippen MR) is 63.7 cm³/mol. The number of thioether (sulfide) groups is 1. The van der Waals surface area contributed by atoms with Crippen LogP contribution in [0.15, 0.2) is 0 Å². The monoisotopic (exact) mass is 214 g/mol. The smallest absolute Gasteiger partial charge is 0.0224 e. The Kier molecular flexibility index (Phi) is 3.74. The molecule has 2 heterocycles. The van der Waals surface area contributed by atoms with Crippen LogP contribution in [0.4, 0.5) is 0 Å². The average molecular weight is 214 g/mol. The SMILES string of the molecule is CC1CCN(C2CCSC2)C(CN)C1. The summed E-state index contributed by atoms with van der Waals surface area (Å²) in [5.74, 6) is 3.58. The molecule has 0 amide bonds. The van der Waals surface area contributed by atoms with Gasteiger partial charge in [-0.25, -0.2) is 0 Å². The molecule has 2 aliphatic heterocycles. The normalized spacial score (nSPS) is 40.3. The van der Waals surface area contributed by atoms with Crippen molar-refractivity contribution in [2.24, 2.45) is 11.7 Å². The second-order valence-electron chi connectivity index (χ2n) is 4.77. The highest BCUT2D eigenvalue weighted by Gasteiger charge is 2.32. The maximum absolute atomic E-state index is 5.88. The zero-order valence-electron chi connectivity index (χ0n) is 9.11. The third kappa shape index (κ3) is 2.26. The molecule has 14 heavy (non-hydrogen) atoms. The van der Waals surface area contributed by atoms with E-state index in [1.54, 1.807) is 0 Å². The third-order valence-electron chi connectivity index (χ3n) is 3.67. The van der Waals surface area contributed by atoms with Crippen LogP contribution < -0.4 is 5.73 Å². The molecule has 0 saturated carbocycles. The van der Waals surface area contributed by atoms with Crippen molar-refractivity contribution in [2.45, 2.75) is 38.3 Å². The molecular weight excluding hydrogens is 192 g/mol. The first-order valence-corrected chi connectivity index (χ1v) is 7.00. The van der Waals surface area contributed by atoms with Crippen molar-refractivity contribution in [3.8, 4) is 0 Å². The van der Waals surface area contributed by atoms with E-state index in [-0.39, 0.29) is 0 Å². The molecule has 3 atom stereocenters. The topological polar surface area (TPSA) is 29.3 Å². The molecule has 2 fully saturated rings. The molecule has 2 aliphatic rings. The van der Waals surface area contributed by atoms with Crippen molar-refractivity contribution in [1.82, 2.24) is 4.90 Å². The van der Waals surface area contributed by atoms with Crippen LogP contribution in [0.3, 0.4) is 0 Å². The first kappa shape index (κ1) is 10.8. The highest BCUT2D eigenvalue weighted by atomic mass is 32.2. The zero-order valence-corrected chi connectivity index (χ0v) is 9.93. The summed E-state index contributed by atoms with van der Waals surface area (Å²) >= 11 is 2.11. The van der Waals surface area contributed by atoms with Gasteiger partial charge in [0.05, 0.1) is 0 Å². The van der Waals surface area contributed by atoms with E-state index in [0.29, 0.717) is 6.04 Å². The van der Waals surface area contributed by atoms with Gasteiger partial charge in [0.15, 0.2) is 0 Å². The van der Waals surface area contributed by atoms with Crippen molar-refractivity contribution in [3.63, 3.8) is 0 Å². The van der Waals surface area contributed by atoms with Crippen molar-refractivity contribution < 1.29 is 0 Å². The summed E-state index contributed by atoms with van der Waals surface area (Å²) in [5.41, 5.74) is 5.88. The Labute approximate surface area is 91.6 Å². The molecular formula is C11H22N2S. The number of likely N-dealkylation sites (tertiary alicyclic amines) is 1. The number of piperidine rings is 1. The second-order valence-corrected chi connectivity index (χ2v) is 5.92. The summed E-state index contributed by atoms with van der Waals surface area (Å²) in [7, 11) is 0. The van der Waals surface area contributed by atoms with Gasteiger partial charge in [-0.1, -0.05) is 6.92 Å². The summed E-state index contributed by atoms with van der Waals surface area (Å²) in [6.07, 6.45) is 4.07. The van der Waals surface area contributed by atoms with Gasteiger partial charge < -0.3 is 5.73 Å². The molecule has 3 unspecified atom stereocenters. The molecule has 0 aromatic rings. The quantitative estimate of drug-likeness (QED) is 0.756. The summed E-state index contributed by atoms with van der Waals surface area (Å²) < 4.78 is 0. The van der Waals surface area contributed by atoms with Crippen molar-refractivity contribution >= 4 is 11.8 Å². The zero-order chi connectivity index (χ0) is 9.97. The van der Waals surface area contributed by atoms with Crippen molar-refractivity contribution in [2.75, 3.05) is 24.6 Å². The molecule has 0 radical (unpaired) electrons. The minimum atomic E-state index is 0.669. The molecule has 0 aliphatic carbocycles. The minimum Gasteiger partial charge on any atom is -0.329 e. The average Bonchev–Trinajstić information content (AvgIpc) is 2.70. The molecule has 2 N–H and O–H groups in total. The Morgan fingerprint density at radius 2 is 2.29 bits per heavy atom. The fourth-order valence-electron chi connectivity index (χ4n) is 2.77. The first-order chi connectivity index (χ1) is 6.81. The highest BCUT2D eigenvalue weighted by molar-refractivity contribution is 7.99. The van der Waals surface area contributed by atoms with Crippen molar-refractivity contribution in [1.29, 1.82) is 0 Å². The Bertz CT molecular complexity index is 180. The lowest BCUT2D eigenvalue weighted by Crippen LogP contribution is -2.51. The van der Waals surface area contributed by atoms with Gasteiger partial charge in [-0.3, -0.25) is 4.90 Å². The van der Waals surface area contributed by atoms with E-state index in [1.807, 2.05) is 0 Å². The van der Waals surface area contributed by atoms with E-state index in [4.69, 9.17) is 5.73 Å². The Balaban J connectivity index is 1.94. The first-order valence-electron chi connectivity index (χ1n) is 5.85. The van der Waals surface area contributed by atoms with E-state index in [2.05, 4.69) is 23.6 Å². The minimum absolute atomic E-state index is 0.669. The largest absolute Gasteiger partial charge is 0.329 e.